The first-order chi connectivity index (χ1) is 8.01. The van der Waals surface area contributed by atoms with Gasteiger partial charge in [0, 0.05) is 19.2 Å². The minimum absolute atomic E-state index is 0.385. The monoisotopic (exact) mass is 264 g/mol. The molecule has 2 unspecified atom stereocenters. The fourth-order valence-corrected chi connectivity index (χ4v) is 2.52. The lowest BCUT2D eigenvalue weighted by atomic mass is 10.0. The zero-order valence-corrected chi connectivity index (χ0v) is 11.6. The summed E-state index contributed by atoms with van der Waals surface area (Å²) in [5, 5.41) is 3.46. The van der Waals surface area contributed by atoms with Crippen molar-refractivity contribution in [2.24, 2.45) is 0 Å². The standard InChI is InChI=1S/C11H24N2O3S/c1-3-11-9-10(5-8-16-11)12-6-4-7-13-17(2,14)15/h10-13H,3-9H2,1-2H3. The predicted octanol–water partition coefficient (Wildman–Crippen LogP) is 0.473. The first-order valence-electron chi connectivity index (χ1n) is 6.31. The van der Waals surface area contributed by atoms with E-state index < -0.39 is 10.0 Å². The number of nitrogens with one attached hydrogen (secondary N) is 2. The highest BCUT2D eigenvalue weighted by atomic mass is 32.2. The van der Waals surface area contributed by atoms with Crippen molar-refractivity contribution in [1.29, 1.82) is 0 Å². The van der Waals surface area contributed by atoms with Crippen LogP contribution in [0.1, 0.15) is 32.6 Å². The van der Waals surface area contributed by atoms with Gasteiger partial charge in [0.1, 0.15) is 0 Å². The molecule has 0 aliphatic carbocycles. The van der Waals surface area contributed by atoms with Crippen LogP contribution in [-0.4, -0.2) is 46.5 Å². The second-order valence-corrected chi connectivity index (χ2v) is 6.43. The molecule has 0 saturated carbocycles. The maximum atomic E-state index is 10.8. The summed E-state index contributed by atoms with van der Waals surface area (Å²) in [6, 6.07) is 0.520. The second kappa shape index (κ2) is 7.31. The average Bonchev–Trinajstić information content (AvgIpc) is 2.27. The van der Waals surface area contributed by atoms with Gasteiger partial charge in [0.25, 0.3) is 0 Å². The average molecular weight is 264 g/mol. The van der Waals surface area contributed by atoms with Gasteiger partial charge >= 0.3 is 0 Å². The lowest BCUT2D eigenvalue weighted by Crippen LogP contribution is -2.39. The van der Waals surface area contributed by atoms with Gasteiger partial charge in [-0.15, -0.1) is 0 Å². The van der Waals surface area contributed by atoms with Crippen molar-refractivity contribution in [1.82, 2.24) is 10.0 Å². The van der Waals surface area contributed by atoms with Crippen molar-refractivity contribution in [3.63, 3.8) is 0 Å². The zero-order chi connectivity index (χ0) is 12.7. The number of hydrogen-bond acceptors (Lipinski definition) is 4. The summed E-state index contributed by atoms with van der Waals surface area (Å²) in [5.41, 5.74) is 0. The summed E-state index contributed by atoms with van der Waals surface area (Å²) in [5.74, 6) is 0. The normalized spacial score (nSPS) is 26.0. The SMILES string of the molecule is CCC1CC(NCCCNS(C)(=O)=O)CCO1. The Morgan fingerprint density at radius 2 is 2.12 bits per heavy atom. The Hall–Kier alpha value is -0.170. The van der Waals surface area contributed by atoms with Crippen LogP contribution in [0.5, 0.6) is 0 Å². The van der Waals surface area contributed by atoms with Crippen LogP contribution in [0, 0.1) is 0 Å². The molecule has 0 aromatic carbocycles. The Morgan fingerprint density at radius 3 is 2.76 bits per heavy atom. The van der Waals surface area contributed by atoms with Crippen molar-refractivity contribution in [2.75, 3.05) is 26.0 Å². The summed E-state index contributed by atoms with van der Waals surface area (Å²) < 4.78 is 29.7. The smallest absolute Gasteiger partial charge is 0.208 e. The van der Waals surface area contributed by atoms with E-state index in [1.54, 1.807) is 0 Å². The zero-order valence-electron chi connectivity index (χ0n) is 10.7. The number of hydrogen-bond donors (Lipinski definition) is 2. The molecule has 0 amide bonds. The highest BCUT2D eigenvalue weighted by molar-refractivity contribution is 7.88. The van der Waals surface area contributed by atoms with E-state index in [1.165, 1.54) is 6.26 Å². The van der Waals surface area contributed by atoms with Crippen molar-refractivity contribution >= 4 is 10.0 Å². The van der Waals surface area contributed by atoms with E-state index in [1.807, 2.05) is 0 Å². The molecule has 1 rings (SSSR count). The molecule has 2 N–H and O–H groups in total. The number of rotatable bonds is 7. The second-order valence-electron chi connectivity index (χ2n) is 4.60. The molecule has 1 heterocycles. The molecule has 0 aromatic rings. The summed E-state index contributed by atoms with van der Waals surface area (Å²) in [6.45, 7) is 4.33. The van der Waals surface area contributed by atoms with Crippen molar-refractivity contribution in [2.45, 2.75) is 44.8 Å². The molecule has 0 radical (unpaired) electrons. The lowest BCUT2D eigenvalue weighted by molar-refractivity contribution is 0.0000438. The highest BCUT2D eigenvalue weighted by Gasteiger charge is 2.20. The van der Waals surface area contributed by atoms with Gasteiger partial charge in [-0.3, -0.25) is 0 Å². The van der Waals surface area contributed by atoms with Crippen LogP contribution in [0.15, 0.2) is 0 Å². The van der Waals surface area contributed by atoms with E-state index >= 15 is 0 Å². The Kier molecular flexibility index (Phi) is 6.40. The van der Waals surface area contributed by atoms with Gasteiger partial charge in [-0.25, -0.2) is 13.1 Å². The van der Waals surface area contributed by atoms with Gasteiger partial charge in [0.05, 0.1) is 12.4 Å². The number of sulfonamides is 1. The van der Waals surface area contributed by atoms with Crippen LogP contribution in [-0.2, 0) is 14.8 Å². The van der Waals surface area contributed by atoms with Gasteiger partial charge in [0.15, 0.2) is 0 Å². The predicted molar refractivity (Wildman–Crippen MR) is 68.5 cm³/mol. The van der Waals surface area contributed by atoms with Gasteiger partial charge in [0.2, 0.25) is 10.0 Å². The summed E-state index contributed by atoms with van der Waals surface area (Å²) in [6.07, 6.45) is 5.57. The van der Waals surface area contributed by atoms with Crippen LogP contribution in [0.2, 0.25) is 0 Å². The molecule has 1 aliphatic rings. The molecule has 0 aromatic heterocycles. The molecule has 2 atom stereocenters. The third kappa shape index (κ3) is 6.98. The molecule has 102 valence electrons. The molecule has 1 aliphatic heterocycles. The summed E-state index contributed by atoms with van der Waals surface area (Å²) in [4.78, 5) is 0. The summed E-state index contributed by atoms with van der Waals surface area (Å²) >= 11 is 0. The quantitative estimate of drug-likeness (QED) is 0.656. The highest BCUT2D eigenvalue weighted by Crippen LogP contribution is 2.15. The molecule has 0 bridgehead atoms. The molecular weight excluding hydrogens is 240 g/mol. The Bertz CT molecular complexity index is 306. The first-order valence-corrected chi connectivity index (χ1v) is 8.20. The van der Waals surface area contributed by atoms with Gasteiger partial charge in [-0.1, -0.05) is 6.92 Å². The van der Waals surface area contributed by atoms with Crippen molar-refractivity contribution < 1.29 is 13.2 Å². The Balaban J connectivity index is 2.06. The Labute approximate surface area is 104 Å². The lowest BCUT2D eigenvalue weighted by Gasteiger charge is -2.29. The van der Waals surface area contributed by atoms with Gasteiger partial charge in [-0.2, -0.15) is 0 Å². The molecular formula is C11H24N2O3S. The molecule has 5 nitrogen and oxygen atoms in total. The fraction of sp³-hybridized carbons (Fsp3) is 1.00. The van der Waals surface area contributed by atoms with Crippen LogP contribution in [0.4, 0.5) is 0 Å². The van der Waals surface area contributed by atoms with E-state index in [-0.39, 0.29) is 0 Å². The third-order valence-corrected chi connectivity index (χ3v) is 3.70. The van der Waals surface area contributed by atoms with Gasteiger partial charge in [-0.05, 0) is 32.2 Å². The molecule has 6 heteroatoms. The van der Waals surface area contributed by atoms with E-state index in [9.17, 15) is 8.42 Å². The van der Waals surface area contributed by atoms with Gasteiger partial charge < -0.3 is 10.1 Å². The Morgan fingerprint density at radius 1 is 1.35 bits per heavy atom. The van der Waals surface area contributed by atoms with Crippen molar-refractivity contribution in [3.8, 4) is 0 Å². The largest absolute Gasteiger partial charge is 0.378 e. The molecule has 1 fully saturated rings. The van der Waals surface area contributed by atoms with Crippen molar-refractivity contribution in [3.05, 3.63) is 0 Å². The minimum Gasteiger partial charge on any atom is -0.378 e. The molecule has 1 saturated heterocycles. The van der Waals surface area contributed by atoms with E-state index in [0.29, 0.717) is 18.7 Å². The summed E-state index contributed by atoms with van der Waals surface area (Å²) in [7, 11) is -3.04. The fourth-order valence-electron chi connectivity index (χ4n) is 2.00. The van der Waals surface area contributed by atoms with E-state index in [0.717, 1.165) is 38.8 Å². The van der Waals surface area contributed by atoms with E-state index in [4.69, 9.17) is 4.74 Å². The molecule has 17 heavy (non-hydrogen) atoms. The van der Waals surface area contributed by atoms with E-state index in [2.05, 4.69) is 17.0 Å². The number of ether oxygens (including phenoxy) is 1. The minimum atomic E-state index is -3.04. The van der Waals surface area contributed by atoms with Crippen LogP contribution < -0.4 is 10.0 Å². The maximum absolute atomic E-state index is 10.8. The maximum Gasteiger partial charge on any atom is 0.208 e. The third-order valence-electron chi connectivity index (χ3n) is 2.97. The van der Waals surface area contributed by atoms with Crippen LogP contribution in [0.3, 0.4) is 0 Å². The van der Waals surface area contributed by atoms with Crippen LogP contribution >= 0.6 is 0 Å². The first kappa shape index (κ1) is 14.9. The molecule has 0 spiro atoms. The topological polar surface area (TPSA) is 67.4 Å². The van der Waals surface area contributed by atoms with Crippen LogP contribution in [0.25, 0.3) is 0 Å².